The lowest BCUT2D eigenvalue weighted by molar-refractivity contribution is 0.419. The van der Waals surface area contributed by atoms with Crippen molar-refractivity contribution in [2.24, 2.45) is 0 Å². The molecule has 90 valence electrons. The summed E-state index contributed by atoms with van der Waals surface area (Å²) in [5, 5.41) is 1.14. The lowest BCUT2D eigenvalue weighted by atomic mass is 10.1. The highest BCUT2D eigenvalue weighted by atomic mass is 16.5. The van der Waals surface area contributed by atoms with Crippen LogP contribution in [-0.4, -0.2) is 17.1 Å². The SMILES string of the molecule is COc1cccc2[nH]c(-c3cccnc3)c(C)c12. The Morgan fingerprint density at radius 2 is 2.06 bits per heavy atom. The van der Waals surface area contributed by atoms with Gasteiger partial charge >= 0.3 is 0 Å². The topological polar surface area (TPSA) is 37.9 Å². The van der Waals surface area contributed by atoms with Gasteiger partial charge in [-0.15, -0.1) is 0 Å². The average Bonchev–Trinajstić information content (AvgIpc) is 2.77. The summed E-state index contributed by atoms with van der Waals surface area (Å²) < 4.78 is 5.42. The van der Waals surface area contributed by atoms with Crippen LogP contribution in [0.1, 0.15) is 5.56 Å². The van der Waals surface area contributed by atoms with Crippen LogP contribution in [0.25, 0.3) is 22.2 Å². The monoisotopic (exact) mass is 238 g/mol. The molecular weight excluding hydrogens is 224 g/mol. The molecule has 0 aliphatic rings. The lowest BCUT2D eigenvalue weighted by Crippen LogP contribution is -1.84. The molecule has 0 saturated heterocycles. The average molecular weight is 238 g/mol. The molecule has 2 aromatic heterocycles. The molecule has 18 heavy (non-hydrogen) atoms. The first-order valence-corrected chi connectivity index (χ1v) is 5.87. The van der Waals surface area contributed by atoms with Gasteiger partial charge in [0.15, 0.2) is 0 Å². The molecule has 1 aromatic carbocycles. The van der Waals surface area contributed by atoms with Crippen molar-refractivity contribution in [1.82, 2.24) is 9.97 Å². The first kappa shape index (κ1) is 10.8. The number of hydrogen-bond donors (Lipinski definition) is 1. The van der Waals surface area contributed by atoms with Crippen molar-refractivity contribution in [3.05, 3.63) is 48.3 Å². The van der Waals surface area contributed by atoms with Crippen molar-refractivity contribution in [1.29, 1.82) is 0 Å². The largest absolute Gasteiger partial charge is 0.496 e. The number of ether oxygens (including phenoxy) is 1. The first-order chi connectivity index (χ1) is 8.81. The summed E-state index contributed by atoms with van der Waals surface area (Å²) in [6.07, 6.45) is 3.65. The first-order valence-electron chi connectivity index (χ1n) is 5.87. The second kappa shape index (κ2) is 4.18. The molecule has 0 radical (unpaired) electrons. The van der Waals surface area contributed by atoms with E-state index in [1.54, 1.807) is 13.3 Å². The molecule has 0 atom stereocenters. The zero-order valence-corrected chi connectivity index (χ0v) is 10.4. The second-order valence-electron chi connectivity index (χ2n) is 4.25. The summed E-state index contributed by atoms with van der Waals surface area (Å²) in [5.41, 5.74) is 4.47. The van der Waals surface area contributed by atoms with Gasteiger partial charge < -0.3 is 9.72 Å². The van der Waals surface area contributed by atoms with E-state index >= 15 is 0 Å². The third kappa shape index (κ3) is 1.56. The maximum absolute atomic E-state index is 5.42. The van der Waals surface area contributed by atoms with Gasteiger partial charge in [-0.05, 0) is 36.8 Å². The molecule has 2 heterocycles. The second-order valence-corrected chi connectivity index (χ2v) is 4.25. The Hall–Kier alpha value is -2.29. The molecule has 1 N–H and O–H groups in total. The van der Waals surface area contributed by atoms with Crippen molar-refractivity contribution in [3.63, 3.8) is 0 Å². The number of aromatic nitrogens is 2. The standard InChI is InChI=1S/C15H14N2O/c1-10-14-12(6-3-7-13(14)18-2)17-15(10)11-5-4-8-16-9-11/h3-9,17H,1-2H3. The molecule has 0 unspecified atom stereocenters. The molecule has 0 amide bonds. The van der Waals surface area contributed by atoms with Crippen LogP contribution in [0.5, 0.6) is 5.75 Å². The van der Waals surface area contributed by atoms with Crippen molar-refractivity contribution in [2.75, 3.05) is 7.11 Å². The molecule has 3 nitrogen and oxygen atoms in total. The molecule has 3 heteroatoms. The summed E-state index contributed by atoms with van der Waals surface area (Å²) in [6, 6.07) is 10.0. The van der Waals surface area contributed by atoms with E-state index in [4.69, 9.17) is 4.74 Å². The quantitative estimate of drug-likeness (QED) is 0.741. The summed E-state index contributed by atoms with van der Waals surface area (Å²) in [6.45, 7) is 2.10. The van der Waals surface area contributed by atoms with Gasteiger partial charge in [0.2, 0.25) is 0 Å². The zero-order valence-electron chi connectivity index (χ0n) is 10.4. The minimum Gasteiger partial charge on any atom is -0.496 e. The highest BCUT2D eigenvalue weighted by Gasteiger charge is 2.12. The Kier molecular flexibility index (Phi) is 2.52. The van der Waals surface area contributed by atoms with Crippen molar-refractivity contribution in [3.8, 4) is 17.0 Å². The van der Waals surface area contributed by atoms with Gasteiger partial charge in [-0.1, -0.05) is 6.07 Å². The van der Waals surface area contributed by atoms with Crippen LogP contribution in [0.2, 0.25) is 0 Å². The third-order valence-corrected chi connectivity index (χ3v) is 3.21. The number of hydrogen-bond acceptors (Lipinski definition) is 2. The van der Waals surface area contributed by atoms with Crippen molar-refractivity contribution < 1.29 is 4.74 Å². The smallest absolute Gasteiger partial charge is 0.128 e. The van der Waals surface area contributed by atoms with Crippen LogP contribution in [0.4, 0.5) is 0 Å². The number of aryl methyl sites for hydroxylation is 1. The lowest BCUT2D eigenvalue weighted by Gasteiger charge is -2.02. The van der Waals surface area contributed by atoms with Crippen LogP contribution < -0.4 is 4.74 Å². The number of rotatable bonds is 2. The van der Waals surface area contributed by atoms with Gasteiger partial charge in [0, 0.05) is 28.9 Å². The van der Waals surface area contributed by atoms with Crippen LogP contribution >= 0.6 is 0 Å². The highest BCUT2D eigenvalue weighted by molar-refractivity contribution is 5.94. The Morgan fingerprint density at radius 3 is 2.78 bits per heavy atom. The minimum atomic E-state index is 0.899. The molecule has 0 aliphatic carbocycles. The van der Waals surface area contributed by atoms with E-state index in [1.807, 2.05) is 24.4 Å². The maximum Gasteiger partial charge on any atom is 0.128 e. The van der Waals surface area contributed by atoms with Gasteiger partial charge in [-0.25, -0.2) is 0 Å². The Labute approximate surface area is 105 Å². The Bertz CT molecular complexity index is 686. The fraction of sp³-hybridized carbons (Fsp3) is 0.133. The van der Waals surface area contributed by atoms with E-state index in [2.05, 4.69) is 29.0 Å². The number of methoxy groups -OCH3 is 1. The minimum absolute atomic E-state index is 0.899. The Balaban J connectivity index is 2.30. The van der Waals surface area contributed by atoms with Gasteiger partial charge in [-0.3, -0.25) is 4.98 Å². The summed E-state index contributed by atoms with van der Waals surface area (Å²) in [5.74, 6) is 0.899. The van der Waals surface area contributed by atoms with Crippen LogP contribution in [0, 0.1) is 6.92 Å². The zero-order chi connectivity index (χ0) is 12.5. The van der Waals surface area contributed by atoms with E-state index < -0.39 is 0 Å². The van der Waals surface area contributed by atoms with Crippen molar-refractivity contribution >= 4 is 10.9 Å². The number of H-pyrrole nitrogens is 1. The maximum atomic E-state index is 5.42. The molecule has 0 aliphatic heterocycles. The summed E-state index contributed by atoms with van der Waals surface area (Å²) in [4.78, 5) is 7.60. The molecule has 0 bridgehead atoms. The molecule has 0 fully saturated rings. The van der Waals surface area contributed by atoms with Gasteiger partial charge in [-0.2, -0.15) is 0 Å². The highest BCUT2D eigenvalue weighted by Crippen LogP contribution is 2.34. The van der Waals surface area contributed by atoms with E-state index in [1.165, 1.54) is 5.56 Å². The summed E-state index contributed by atoms with van der Waals surface area (Å²) >= 11 is 0. The van der Waals surface area contributed by atoms with E-state index in [0.29, 0.717) is 0 Å². The summed E-state index contributed by atoms with van der Waals surface area (Å²) in [7, 11) is 1.70. The molecule has 3 aromatic rings. The van der Waals surface area contributed by atoms with Gasteiger partial charge in [0.05, 0.1) is 12.8 Å². The van der Waals surface area contributed by atoms with E-state index in [9.17, 15) is 0 Å². The molecule has 0 saturated carbocycles. The number of nitrogens with zero attached hydrogens (tertiary/aromatic N) is 1. The van der Waals surface area contributed by atoms with E-state index in [0.717, 1.165) is 27.9 Å². The number of benzene rings is 1. The van der Waals surface area contributed by atoms with Crippen LogP contribution in [0.3, 0.4) is 0 Å². The molecule has 0 spiro atoms. The third-order valence-electron chi connectivity index (χ3n) is 3.21. The molecule has 3 rings (SSSR count). The number of fused-ring (bicyclic) bond motifs is 1. The fourth-order valence-corrected chi connectivity index (χ4v) is 2.34. The van der Waals surface area contributed by atoms with Gasteiger partial charge in [0.25, 0.3) is 0 Å². The predicted molar refractivity (Wildman–Crippen MR) is 72.8 cm³/mol. The van der Waals surface area contributed by atoms with Crippen LogP contribution in [-0.2, 0) is 0 Å². The van der Waals surface area contributed by atoms with E-state index in [-0.39, 0.29) is 0 Å². The van der Waals surface area contributed by atoms with Gasteiger partial charge in [0.1, 0.15) is 5.75 Å². The van der Waals surface area contributed by atoms with Crippen LogP contribution in [0.15, 0.2) is 42.7 Å². The number of nitrogens with one attached hydrogen (secondary N) is 1. The van der Waals surface area contributed by atoms with Crippen molar-refractivity contribution in [2.45, 2.75) is 6.92 Å². The number of aromatic amines is 1. The Morgan fingerprint density at radius 1 is 1.17 bits per heavy atom. The fourth-order valence-electron chi connectivity index (χ4n) is 2.34. The normalized spacial score (nSPS) is 10.8. The predicted octanol–water partition coefficient (Wildman–Crippen LogP) is 3.55. The molecular formula is C15H14N2O. The number of pyridine rings is 1.